The summed E-state index contributed by atoms with van der Waals surface area (Å²) in [4.78, 5) is 3.32. The van der Waals surface area contributed by atoms with Crippen LogP contribution in [0.5, 0.6) is 0 Å². The van der Waals surface area contributed by atoms with Crippen molar-refractivity contribution in [2.24, 2.45) is 11.1 Å². The van der Waals surface area contributed by atoms with Gasteiger partial charge in [-0.05, 0) is 43.0 Å². The number of H-pyrrole nitrogens is 1. The molecule has 104 valence electrons. The molecular formula is C16H25N3. The Morgan fingerprint density at radius 2 is 2.05 bits per heavy atom. The van der Waals surface area contributed by atoms with E-state index in [1.165, 1.54) is 16.5 Å². The predicted octanol–water partition coefficient (Wildman–Crippen LogP) is 2.67. The number of aromatic amines is 1. The summed E-state index contributed by atoms with van der Waals surface area (Å²) < 4.78 is 0. The van der Waals surface area contributed by atoms with Crippen molar-refractivity contribution in [2.45, 2.75) is 26.7 Å². The molecule has 3 heteroatoms. The number of hydrogen-bond acceptors (Lipinski definition) is 2. The van der Waals surface area contributed by atoms with Crippen LogP contribution in [0.2, 0.25) is 0 Å². The number of benzene rings is 1. The van der Waals surface area contributed by atoms with Gasteiger partial charge in [0, 0.05) is 23.6 Å². The van der Waals surface area contributed by atoms with Gasteiger partial charge in [-0.1, -0.05) is 32.0 Å². The molecule has 1 aromatic carbocycles. The van der Waals surface area contributed by atoms with Gasteiger partial charge in [0.05, 0.1) is 0 Å². The molecule has 1 heterocycles. The molecule has 0 amide bonds. The monoisotopic (exact) mass is 259 g/mol. The molecule has 0 saturated heterocycles. The number of nitrogens with two attached hydrogens (primary N) is 1. The summed E-state index contributed by atoms with van der Waals surface area (Å²) in [5, 5.41) is 4.88. The Morgan fingerprint density at radius 1 is 1.26 bits per heavy atom. The fourth-order valence-electron chi connectivity index (χ4n) is 2.47. The van der Waals surface area contributed by atoms with E-state index in [0.29, 0.717) is 0 Å². The third-order valence-electron chi connectivity index (χ3n) is 3.67. The van der Waals surface area contributed by atoms with E-state index in [1.54, 1.807) is 0 Å². The molecule has 2 rings (SSSR count). The van der Waals surface area contributed by atoms with Crippen LogP contribution >= 0.6 is 0 Å². The Labute approximate surface area is 115 Å². The maximum absolute atomic E-state index is 5.63. The molecule has 19 heavy (non-hydrogen) atoms. The SMILES string of the molecule is CC(C)(CCN)CNCCc1c[nH]c2ccccc12. The molecule has 0 bridgehead atoms. The Morgan fingerprint density at radius 3 is 2.84 bits per heavy atom. The number of rotatable bonds is 7. The van der Waals surface area contributed by atoms with Crippen LogP contribution in [-0.2, 0) is 6.42 Å². The fraction of sp³-hybridized carbons (Fsp3) is 0.500. The van der Waals surface area contributed by atoms with Crippen LogP contribution in [0.25, 0.3) is 10.9 Å². The van der Waals surface area contributed by atoms with Gasteiger partial charge in [0.2, 0.25) is 0 Å². The molecule has 0 radical (unpaired) electrons. The van der Waals surface area contributed by atoms with Crippen molar-refractivity contribution in [3.8, 4) is 0 Å². The van der Waals surface area contributed by atoms with Crippen molar-refractivity contribution in [3.63, 3.8) is 0 Å². The minimum atomic E-state index is 0.287. The van der Waals surface area contributed by atoms with E-state index in [9.17, 15) is 0 Å². The highest BCUT2D eigenvalue weighted by molar-refractivity contribution is 5.83. The average Bonchev–Trinajstić information content (AvgIpc) is 2.78. The van der Waals surface area contributed by atoms with Crippen LogP contribution in [-0.4, -0.2) is 24.6 Å². The summed E-state index contributed by atoms with van der Waals surface area (Å²) in [6, 6.07) is 8.46. The Hall–Kier alpha value is -1.32. The molecular weight excluding hydrogens is 234 g/mol. The van der Waals surface area contributed by atoms with E-state index in [2.05, 4.69) is 54.6 Å². The van der Waals surface area contributed by atoms with E-state index in [0.717, 1.165) is 32.5 Å². The van der Waals surface area contributed by atoms with Gasteiger partial charge in [-0.3, -0.25) is 0 Å². The van der Waals surface area contributed by atoms with Crippen molar-refractivity contribution in [1.82, 2.24) is 10.3 Å². The summed E-state index contributed by atoms with van der Waals surface area (Å²) >= 11 is 0. The van der Waals surface area contributed by atoms with Crippen LogP contribution in [0.1, 0.15) is 25.8 Å². The Balaban J connectivity index is 1.83. The van der Waals surface area contributed by atoms with E-state index < -0.39 is 0 Å². The van der Waals surface area contributed by atoms with Gasteiger partial charge in [0.15, 0.2) is 0 Å². The van der Waals surface area contributed by atoms with Crippen LogP contribution < -0.4 is 11.1 Å². The summed E-state index contributed by atoms with van der Waals surface area (Å²) in [5.41, 5.74) is 8.52. The first-order valence-electron chi connectivity index (χ1n) is 7.08. The highest BCUT2D eigenvalue weighted by Gasteiger charge is 2.15. The second-order valence-electron chi connectivity index (χ2n) is 5.99. The van der Waals surface area contributed by atoms with Crippen molar-refractivity contribution in [2.75, 3.05) is 19.6 Å². The standard InChI is InChI=1S/C16H25N3/c1-16(2,8-9-17)12-18-10-7-13-11-19-15-6-4-3-5-14(13)15/h3-6,11,18-19H,7-10,12,17H2,1-2H3. The largest absolute Gasteiger partial charge is 0.361 e. The molecule has 0 fully saturated rings. The van der Waals surface area contributed by atoms with E-state index in [1.807, 2.05) is 0 Å². The van der Waals surface area contributed by atoms with Crippen LogP contribution in [0, 0.1) is 5.41 Å². The molecule has 0 spiro atoms. The number of hydrogen-bond donors (Lipinski definition) is 3. The van der Waals surface area contributed by atoms with Gasteiger partial charge >= 0.3 is 0 Å². The van der Waals surface area contributed by atoms with Gasteiger partial charge in [0.25, 0.3) is 0 Å². The normalized spacial score (nSPS) is 12.2. The zero-order chi connectivity index (χ0) is 13.7. The first-order chi connectivity index (χ1) is 9.12. The lowest BCUT2D eigenvalue weighted by molar-refractivity contribution is 0.321. The first kappa shape index (κ1) is 14.1. The lowest BCUT2D eigenvalue weighted by Crippen LogP contribution is -2.32. The maximum atomic E-state index is 5.63. The molecule has 0 aliphatic rings. The fourth-order valence-corrected chi connectivity index (χ4v) is 2.47. The molecule has 1 aromatic heterocycles. The van der Waals surface area contributed by atoms with Crippen LogP contribution in [0.3, 0.4) is 0 Å². The molecule has 0 aliphatic carbocycles. The molecule has 0 unspecified atom stereocenters. The minimum absolute atomic E-state index is 0.287. The summed E-state index contributed by atoms with van der Waals surface area (Å²) in [5.74, 6) is 0. The number of para-hydroxylation sites is 1. The maximum Gasteiger partial charge on any atom is 0.0456 e. The van der Waals surface area contributed by atoms with Gasteiger partial charge in [-0.25, -0.2) is 0 Å². The highest BCUT2D eigenvalue weighted by Crippen LogP contribution is 2.19. The first-order valence-corrected chi connectivity index (χ1v) is 7.08. The molecule has 0 atom stereocenters. The molecule has 2 aromatic rings. The molecule has 0 aliphatic heterocycles. The quantitative estimate of drug-likeness (QED) is 0.670. The van der Waals surface area contributed by atoms with Gasteiger partial charge in [-0.2, -0.15) is 0 Å². The average molecular weight is 259 g/mol. The third kappa shape index (κ3) is 3.82. The van der Waals surface area contributed by atoms with Gasteiger partial charge in [-0.15, -0.1) is 0 Å². The lowest BCUT2D eigenvalue weighted by Gasteiger charge is -2.24. The molecule has 0 saturated carbocycles. The Kier molecular flexibility index (Phi) is 4.61. The number of aromatic nitrogens is 1. The highest BCUT2D eigenvalue weighted by atomic mass is 14.9. The van der Waals surface area contributed by atoms with E-state index in [-0.39, 0.29) is 5.41 Å². The van der Waals surface area contributed by atoms with Crippen molar-refractivity contribution >= 4 is 10.9 Å². The second-order valence-corrected chi connectivity index (χ2v) is 5.99. The zero-order valence-corrected chi connectivity index (χ0v) is 12.0. The van der Waals surface area contributed by atoms with Crippen LogP contribution in [0.15, 0.2) is 30.5 Å². The van der Waals surface area contributed by atoms with E-state index >= 15 is 0 Å². The van der Waals surface area contributed by atoms with Crippen molar-refractivity contribution in [3.05, 3.63) is 36.0 Å². The third-order valence-corrected chi connectivity index (χ3v) is 3.67. The molecule has 3 nitrogen and oxygen atoms in total. The minimum Gasteiger partial charge on any atom is -0.361 e. The van der Waals surface area contributed by atoms with Gasteiger partial charge < -0.3 is 16.0 Å². The Bertz CT molecular complexity index is 513. The smallest absolute Gasteiger partial charge is 0.0456 e. The summed E-state index contributed by atoms with van der Waals surface area (Å²) in [6.45, 7) is 7.32. The van der Waals surface area contributed by atoms with Crippen LogP contribution in [0.4, 0.5) is 0 Å². The van der Waals surface area contributed by atoms with E-state index in [4.69, 9.17) is 5.73 Å². The predicted molar refractivity (Wildman–Crippen MR) is 82.3 cm³/mol. The van der Waals surface area contributed by atoms with Crippen molar-refractivity contribution < 1.29 is 0 Å². The summed E-state index contributed by atoms with van der Waals surface area (Å²) in [6.07, 6.45) is 4.24. The molecule has 4 N–H and O–H groups in total. The summed E-state index contributed by atoms with van der Waals surface area (Å²) in [7, 11) is 0. The zero-order valence-electron chi connectivity index (χ0n) is 12.0. The topological polar surface area (TPSA) is 53.8 Å². The number of nitrogens with one attached hydrogen (secondary N) is 2. The second kappa shape index (κ2) is 6.22. The van der Waals surface area contributed by atoms with Crippen molar-refractivity contribution in [1.29, 1.82) is 0 Å². The number of fused-ring (bicyclic) bond motifs is 1. The van der Waals surface area contributed by atoms with Gasteiger partial charge in [0.1, 0.15) is 0 Å². The lowest BCUT2D eigenvalue weighted by atomic mass is 9.89.